The summed E-state index contributed by atoms with van der Waals surface area (Å²) in [7, 11) is 0. The number of aryl methyl sites for hydroxylation is 1. The van der Waals surface area contributed by atoms with Crippen LogP contribution in [0.2, 0.25) is 0 Å². The largest absolute Gasteiger partial charge is 0.335 e. The molecule has 0 N–H and O–H groups in total. The minimum atomic E-state index is -2.87. The van der Waals surface area contributed by atoms with E-state index in [2.05, 4.69) is 4.98 Å². The Morgan fingerprint density at radius 2 is 2.26 bits per heavy atom. The predicted molar refractivity (Wildman–Crippen MR) is 80.1 cm³/mol. The van der Waals surface area contributed by atoms with Gasteiger partial charge in [-0.1, -0.05) is 0 Å². The molecule has 2 aromatic rings. The third-order valence-electron chi connectivity index (χ3n) is 3.89. The number of likely N-dealkylation sites (tertiary alicyclic amines) is 1. The van der Waals surface area contributed by atoms with Gasteiger partial charge in [-0.3, -0.25) is 19.0 Å². The van der Waals surface area contributed by atoms with E-state index in [9.17, 15) is 23.2 Å². The van der Waals surface area contributed by atoms with E-state index < -0.39 is 23.9 Å². The number of carbonyl (C=O) groups excluding carboxylic acids is 2. The molecule has 3 heterocycles. The number of hydrogen-bond donors (Lipinski definition) is 0. The normalized spacial score (nSPS) is 16.9. The van der Waals surface area contributed by atoms with Crippen LogP contribution in [0, 0.1) is 6.92 Å². The smallest absolute Gasteiger partial charge is 0.267 e. The quantitative estimate of drug-likeness (QED) is 0.792. The standard InChI is InChI=1S/C14H13F2N3O3S/c1-8-9(5-20)23-12-11(8)13(22)19(7-17-12)4-10(21)18-3-2-14(15,16)6-18/h5,7H,2-4,6H2,1H3. The summed E-state index contributed by atoms with van der Waals surface area (Å²) < 4.78 is 27.4. The van der Waals surface area contributed by atoms with Gasteiger partial charge < -0.3 is 4.90 Å². The lowest BCUT2D eigenvalue weighted by Gasteiger charge is -2.16. The van der Waals surface area contributed by atoms with E-state index in [-0.39, 0.29) is 19.5 Å². The lowest BCUT2D eigenvalue weighted by atomic mass is 10.2. The zero-order valence-corrected chi connectivity index (χ0v) is 13.0. The zero-order chi connectivity index (χ0) is 16.8. The molecule has 1 aliphatic heterocycles. The van der Waals surface area contributed by atoms with E-state index >= 15 is 0 Å². The van der Waals surface area contributed by atoms with Gasteiger partial charge in [0.2, 0.25) is 5.91 Å². The van der Waals surface area contributed by atoms with Crippen molar-refractivity contribution in [3.63, 3.8) is 0 Å². The van der Waals surface area contributed by atoms with Crippen molar-refractivity contribution in [3.8, 4) is 0 Å². The summed E-state index contributed by atoms with van der Waals surface area (Å²) in [4.78, 5) is 41.5. The van der Waals surface area contributed by atoms with E-state index in [0.29, 0.717) is 26.9 Å². The predicted octanol–water partition coefficient (Wildman–Crippen LogP) is 1.45. The fraction of sp³-hybridized carbons (Fsp3) is 0.429. The molecule has 1 amide bonds. The molecule has 0 unspecified atom stereocenters. The number of thiophene rings is 1. The van der Waals surface area contributed by atoms with Crippen LogP contribution in [0.3, 0.4) is 0 Å². The van der Waals surface area contributed by atoms with Gasteiger partial charge >= 0.3 is 0 Å². The van der Waals surface area contributed by atoms with Gasteiger partial charge in [-0.25, -0.2) is 13.8 Å². The van der Waals surface area contributed by atoms with Gasteiger partial charge in [0, 0.05) is 13.0 Å². The number of alkyl halides is 2. The third kappa shape index (κ3) is 2.76. The molecule has 0 atom stereocenters. The SMILES string of the molecule is Cc1c(C=O)sc2ncn(CC(=O)N3CCC(F)(F)C3)c(=O)c12. The van der Waals surface area contributed by atoms with Gasteiger partial charge in [-0.05, 0) is 12.5 Å². The lowest BCUT2D eigenvalue weighted by Crippen LogP contribution is -2.36. The van der Waals surface area contributed by atoms with Crippen molar-refractivity contribution in [2.45, 2.75) is 25.8 Å². The molecule has 2 aromatic heterocycles. The van der Waals surface area contributed by atoms with Crippen LogP contribution in [-0.4, -0.2) is 45.7 Å². The Morgan fingerprint density at radius 1 is 1.52 bits per heavy atom. The number of halogens is 2. The van der Waals surface area contributed by atoms with E-state index in [0.717, 1.165) is 20.8 Å². The maximum atomic E-state index is 13.2. The number of aromatic nitrogens is 2. The minimum absolute atomic E-state index is 0.0248. The van der Waals surface area contributed by atoms with Crippen LogP contribution in [0.25, 0.3) is 10.2 Å². The van der Waals surface area contributed by atoms with Crippen molar-refractivity contribution in [1.82, 2.24) is 14.5 Å². The highest BCUT2D eigenvalue weighted by Crippen LogP contribution is 2.27. The lowest BCUT2D eigenvalue weighted by molar-refractivity contribution is -0.132. The van der Waals surface area contributed by atoms with E-state index in [1.54, 1.807) is 6.92 Å². The molecule has 0 spiro atoms. The molecule has 1 aliphatic rings. The zero-order valence-electron chi connectivity index (χ0n) is 12.2. The van der Waals surface area contributed by atoms with Crippen molar-refractivity contribution >= 4 is 33.7 Å². The van der Waals surface area contributed by atoms with Crippen LogP contribution >= 0.6 is 11.3 Å². The second-order valence-corrected chi connectivity index (χ2v) is 6.52. The molecule has 0 saturated carbocycles. The molecule has 0 aromatic carbocycles. The molecule has 0 radical (unpaired) electrons. The first-order chi connectivity index (χ1) is 10.8. The Labute approximate surface area is 133 Å². The summed E-state index contributed by atoms with van der Waals surface area (Å²) in [6, 6.07) is 0. The average Bonchev–Trinajstić information content (AvgIpc) is 3.02. The van der Waals surface area contributed by atoms with Gasteiger partial charge in [0.15, 0.2) is 6.29 Å². The highest BCUT2D eigenvalue weighted by Gasteiger charge is 2.40. The monoisotopic (exact) mass is 341 g/mol. The van der Waals surface area contributed by atoms with Gasteiger partial charge in [0.05, 0.1) is 23.1 Å². The second kappa shape index (κ2) is 5.48. The Bertz CT molecular complexity index is 859. The van der Waals surface area contributed by atoms with Crippen molar-refractivity contribution in [2.75, 3.05) is 13.1 Å². The van der Waals surface area contributed by atoms with Crippen LogP contribution in [0.4, 0.5) is 8.78 Å². The molecular weight excluding hydrogens is 328 g/mol. The Hall–Kier alpha value is -2.16. The highest BCUT2D eigenvalue weighted by atomic mass is 32.1. The summed E-state index contributed by atoms with van der Waals surface area (Å²) in [6.07, 6.45) is 1.50. The van der Waals surface area contributed by atoms with Crippen LogP contribution < -0.4 is 5.56 Å². The summed E-state index contributed by atoms with van der Waals surface area (Å²) in [5.41, 5.74) is 0.0724. The first kappa shape index (κ1) is 15.7. The molecule has 23 heavy (non-hydrogen) atoms. The highest BCUT2D eigenvalue weighted by molar-refractivity contribution is 7.20. The molecular formula is C14H13F2N3O3S. The minimum Gasteiger partial charge on any atom is -0.335 e. The number of aldehydes is 1. The van der Waals surface area contributed by atoms with Crippen molar-refractivity contribution in [1.29, 1.82) is 0 Å². The molecule has 0 bridgehead atoms. The first-order valence-corrected chi connectivity index (χ1v) is 7.73. The second-order valence-electron chi connectivity index (χ2n) is 5.49. The molecule has 9 heteroatoms. The summed E-state index contributed by atoms with van der Waals surface area (Å²) in [5.74, 6) is -3.42. The fourth-order valence-corrected chi connectivity index (χ4v) is 3.55. The maximum absolute atomic E-state index is 13.2. The number of nitrogens with zero attached hydrogens (tertiary/aromatic N) is 3. The van der Waals surface area contributed by atoms with Crippen LogP contribution in [0.15, 0.2) is 11.1 Å². The fourth-order valence-electron chi connectivity index (χ4n) is 2.60. The Kier molecular flexibility index (Phi) is 3.75. The van der Waals surface area contributed by atoms with Crippen molar-refractivity contribution in [2.24, 2.45) is 0 Å². The summed E-state index contributed by atoms with van der Waals surface area (Å²) >= 11 is 1.10. The van der Waals surface area contributed by atoms with Crippen LogP contribution in [0.1, 0.15) is 21.7 Å². The van der Waals surface area contributed by atoms with Gasteiger partial charge in [0.25, 0.3) is 11.5 Å². The Balaban J connectivity index is 1.91. The van der Waals surface area contributed by atoms with E-state index in [1.165, 1.54) is 6.33 Å². The Morgan fingerprint density at radius 3 is 2.87 bits per heavy atom. The number of hydrogen-bond acceptors (Lipinski definition) is 5. The third-order valence-corrected chi connectivity index (χ3v) is 5.01. The van der Waals surface area contributed by atoms with Crippen molar-refractivity contribution < 1.29 is 18.4 Å². The molecule has 0 aliphatic carbocycles. The average molecular weight is 341 g/mol. The molecule has 3 rings (SSSR count). The summed E-state index contributed by atoms with van der Waals surface area (Å²) in [6.45, 7) is 0.647. The number of carbonyl (C=O) groups is 2. The van der Waals surface area contributed by atoms with Crippen molar-refractivity contribution in [3.05, 3.63) is 27.1 Å². The van der Waals surface area contributed by atoms with Gasteiger partial charge in [-0.15, -0.1) is 11.3 Å². The molecule has 6 nitrogen and oxygen atoms in total. The molecule has 122 valence electrons. The van der Waals surface area contributed by atoms with E-state index in [1.807, 2.05) is 0 Å². The van der Waals surface area contributed by atoms with Gasteiger partial charge in [0.1, 0.15) is 11.4 Å². The first-order valence-electron chi connectivity index (χ1n) is 6.92. The van der Waals surface area contributed by atoms with E-state index in [4.69, 9.17) is 0 Å². The summed E-state index contributed by atoms with van der Waals surface area (Å²) in [5, 5.41) is 0.291. The molecule has 1 fully saturated rings. The van der Waals surface area contributed by atoms with Crippen LogP contribution in [0.5, 0.6) is 0 Å². The van der Waals surface area contributed by atoms with Crippen LogP contribution in [-0.2, 0) is 11.3 Å². The number of amides is 1. The topological polar surface area (TPSA) is 72.3 Å². The van der Waals surface area contributed by atoms with Gasteiger partial charge in [-0.2, -0.15) is 0 Å². The molecule has 1 saturated heterocycles. The number of fused-ring (bicyclic) bond motifs is 1. The number of rotatable bonds is 3. The maximum Gasteiger partial charge on any atom is 0.267 e.